The van der Waals surface area contributed by atoms with Crippen molar-refractivity contribution in [1.82, 2.24) is 0 Å². The molecule has 25 heavy (non-hydrogen) atoms. The second-order valence-corrected chi connectivity index (χ2v) is 7.59. The summed E-state index contributed by atoms with van der Waals surface area (Å²) in [7, 11) is 0. The SMILES string of the molecule is Cc1ccc([N+](=O)[O-])c(NC(=O)C[NH+]2CCC[C@H]3CCCC[C@@H]32)c1C. The molecule has 0 spiro atoms. The van der Waals surface area contributed by atoms with Crippen LogP contribution in [0.25, 0.3) is 0 Å². The minimum atomic E-state index is -0.424. The summed E-state index contributed by atoms with van der Waals surface area (Å²) in [4.78, 5) is 24.9. The van der Waals surface area contributed by atoms with Crippen molar-refractivity contribution in [2.45, 2.75) is 58.4 Å². The molecule has 2 N–H and O–H groups in total. The van der Waals surface area contributed by atoms with Crippen LogP contribution in [0.4, 0.5) is 11.4 Å². The van der Waals surface area contributed by atoms with Crippen molar-refractivity contribution in [3.8, 4) is 0 Å². The molecule has 6 nitrogen and oxygen atoms in total. The molecular weight excluding hydrogens is 318 g/mol. The fraction of sp³-hybridized carbons (Fsp3) is 0.632. The average molecular weight is 346 g/mol. The van der Waals surface area contributed by atoms with E-state index < -0.39 is 4.92 Å². The molecule has 136 valence electrons. The molecule has 0 bridgehead atoms. The Morgan fingerprint density at radius 3 is 2.72 bits per heavy atom. The maximum atomic E-state index is 12.6. The number of nitrogens with one attached hydrogen (secondary N) is 2. The lowest BCUT2D eigenvalue weighted by atomic mass is 9.78. The first-order valence-electron chi connectivity index (χ1n) is 9.36. The van der Waals surface area contributed by atoms with Gasteiger partial charge in [-0.2, -0.15) is 0 Å². The van der Waals surface area contributed by atoms with Crippen molar-refractivity contribution in [2.24, 2.45) is 5.92 Å². The Morgan fingerprint density at radius 1 is 1.24 bits per heavy atom. The summed E-state index contributed by atoms with van der Waals surface area (Å²) < 4.78 is 0. The molecule has 1 aliphatic heterocycles. The number of nitro benzene ring substituents is 1. The van der Waals surface area contributed by atoms with Crippen LogP contribution in [0.2, 0.25) is 0 Å². The zero-order valence-electron chi connectivity index (χ0n) is 15.1. The molecule has 3 rings (SSSR count). The maximum absolute atomic E-state index is 12.6. The predicted octanol–water partition coefficient (Wildman–Crippen LogP) is 2.39. The van der Waals surface area contributed by atoms with E-state index in [1.807, 2.05) is 13.8 Å². The van der Waals surface area contributed by atoms with Gasteiger partial charge in [0.15, 0.2) is 6.54 Å². The summed E-state index contributed by atoms with van der Waals surface area (Å²) in [6.07, 6.45) is 7.53. The molecule has 2 aliphatic rings. The lowest BCUT2D eigenvalue weighted by Gasteiger charge is -2.40. The number of benzene rings is 1. The van der Waals surface area contributed by atoms with Crippen molar-refractivity contribution in [3.05, 3.63) is 33.4 Å². The Balaban J connectivity index is 1.72. The largest absolute Gasteiger partial charge is 0.324 e. The minimum absolute atomic E-state index is 0.0272. The molecule has 0 radical (unpaired) electrons. The Morgan fingerprint density at radius 2 is 1.96 bits per heavy atom. The quantitative estimate of drug-likeness (QED) is 0.649. The number of nitrogens with zero attached hydrogens (tertiary/aromatic N) is 1. The number of aryl methyl sites for hydroxylation is 1. The molecule has 1 heterocycles. The van der Waals surface area contributed by atoms with Crippen molar-refractivity contribution >= 4 is 17.3 Å². The third kappa shape index (κ3) is 3.84. The molecule has 1 unspecified atom stereocenters. The smallest absolute Gasteiger partial charge is 0.293 e. The minimum Gasteiger partial charge on any atom is -0.324 e. The topological polar surface area (TPSA) is 76.7 Å². The van der Waals surface area contributed by atoms with E-state index in [4.69, 9.17) is 0 Å². The van der Waals surface area contributed by atoms with Crippen LogP contribution in [-0.2, 0) is 4.79 Å². The number of amides is 1. The standard InChI is InChI=1S/C19H27N3O3/c1-13-9-10-17(22(24)25)19(14(13)2)20-18(23)12-21-11-5-7-15-6-3-4-8-16(15)21/h9-10,15-16H,3-8,11-12H2,1-2H3,(H,20,23)/p+1/t15-,16+/m1/s1. The molecule has 0 aromatic heterocycles. The molecule has 1 aromatic carbocycles. The Kier molecular flexibility index (Phi) is 5.37. The summed E-state index contributed by atoms with van der Waals surface area (Å²) in [5, 5.41) is 14.1. The molecule has 6 heteroatoms. The van der Waals surface area contributed by atoms with Crippen LogP contribution in [0.3, 0.4) is 0 Å². The Labute approximate surface area is 148 Å². The molecule has 3 atom stereocenters. The summed E-state index contributed by atoms with van der Waals surface area (Å²) >= 11 is 0. The second-order valence-electron chi connectivity index (χ2n) is 7.59. The number of carbonyl (C=O) groups excluding carboxylic acids is 1. The van der Waals surface area contributed by atoms with Gasteiger partial charge in [-0.25, -0.2) is 0 Å². The van der Waals surface area contributed by atoms with E-state index in [0.29, 0.717) is 18.3 Å². The first-order valence-corrected chi connectivity index (χ1v) is 9.36. The Hall–Kier alpha value is -1.95. The van der Waals surface area contributed by atoms with Gasteiger partial charge >= 0.3 is 0 Å². The molecule has 1 aromatic rings. The van der Waals surface area contributed by atoms with Crippen LogP contribution < -0.4 is 10.2 Å². The number of rotatable bonds is 4. The fourth-order valence-corrected chi connectivity index (χ4v) is 4.59. The highest BCUT2D eigenvalue weighted by molar-refractivity contribution is 5.95. The highest BCUT2D eigenvalue weighted by atomic mass is 16.6. The van der Waals surface area contributed by atoms with E-state index >= 15 is 0 Å². The number of carbonyl (C=O) groups is 1. The molecule has 1 saturated carbocycles. The third-order valence-electron chi connectivity index (χ3n) is 6.07. The number of hydrogen-bond donors (Lipinski definition) is 2. The van der Waals surface area contributed by atoms with E-state index in [1.54, 1.807) is 6.07 Å². The fourth-order valence-electron chi connectivity index (χ4n) is 4.59. The number of nitro groups is 1. The summed E-state index contributed by atoms with van der Waals surface area (Å²) in [5.74, 6) is 0.637. The van der Waals surface area contributed by atoms with E-state index in [-0.39, 0.29) is 11.6 Å². The zero-order valence-corrected chi connectivity index (χ0v) is 15.1. The average Bonchev–Trinajstić information content (AvgIpc) is 2.59. The van der Waals surface area contributed by atoms with Gasteiger partial charge in [0.2, 0.25) is 0 Å². The third-order valence-corrected chi connectivity index (χ3v) is 6.07. The van der Waals surface area contributed by atoms with Crippen LogP contribution in [0.1, 0.15) is 49.7 Å². The number of likely N-dealkylation sites (tertiary alicyclic amines) is 1. The number of hydrogen-bond acceptors (Lipinski definition) is 3. The van der Waals surface area contributed by atoms with Crippen molar-refractivity contribution in [3.63, 3.8) is 0 Å². The number of anilines is 1. The number of fused-ring (bicyclic) bond motifs is 1. The van der Waals surface area contributed by atoms with Crippen LogP contribution in [-0.4, -0.2) is 30.0 Å². The van der Waals surface area contributed by atoms with Gasteiger partial charge in [-0.05, 0) is 57.1 Å². The summed E-state index contributed by atoms with van der Waals surface area (Å²) in [6, 6.07) is 3.79. The molecule has 1 saturated heterocycles. The normalized spacial score (nSPS) is 25.9. The van der Waals surface area contributed by atoms with Gasteiger partial charge in [-0.3, -0.25) is 14.9 Å². The molecule has 1 amide bonds. The van der Waals surface area contributed by atoms with Crippen molar-refractivity contribution in [2.75, 3.05) is 18.4 Å². The number of quaternary nitrogens is 1. The van der Waals surface area contributed by atoms with Crippen LogP contribution in [0, 0.1) is 29.9 Å². The van der Waals surface area contributed by atoms with Crippen molar-refractivity contribution < 1.29 is 14.6 Å². The van der Waals surface area contributed by atoms with Gasteiger partial charge < -0.3 is 10.2 Å². The monoisotopic (exact) mass is 346 g/mol. The zero-order chi connectivity index (χ0) is 18.0. The molecule has 1 aliphatic carbocycles. The van der Waals surface area contributed by atoms with E-state index in [0.717, 1.165) is 23.6 Å². The van der Waals surface area contributed by atoms with Gasteiger partial charge in [0.05, 0.1) is 17.5 Å². The summed E-state index contributed by atoms with van der Waals surface area (Å²) in [5.41, 5.74) is 2.04. The van der Waals surface area contributed by atoms with Crippen molar-refractivity contribution in [1.29, 1.82) is 0 Å². The number of piperidine rings is 1. The van der Waals surface area contributed by atoms with Gasteiger partial charge in [0.25, 0.3) is 11.6 Å². The predicted molar refractivity (Wildman–Crippen MR) is 96.9 cm³/mol. The molecule has 2 fully saturated rings. The maximum Gasteiger partial charge on any atom is 0.293 e. The van der Waals surface area contributed by atoms with E-state index in [9.17, 15) is 14.9 Å². The first kappa shape index (κ1) is 17.9. The van der Waals surface area contributed by atoms with Crippen LogP contribution in [0.5, 0.6) is 0 Å². The lowest BCUT2D eigenvalue weighted by molar-refractivity contribution is -0.928. The van der Waals surface area contributed by atoms with Gasteiger partial charge in [0.1, 0.15) is 5.69 Å². The van der Waals surface area contributed by atoms with Crippen LogP contribution >= 0.6 is 0 Å². The van der Waals surface area contributed by atoms with Gasteiger partial charge in [-0.1, -0.05) is 12.5 Å². The van der Waals surface area contributed by atoms with Crippen LogP contribution in [0.15, 0.2) is 12.1 Å². The molecular formula is C19H28N3O3+. The Bertz CT molecular complexity index is 672. The van der Waals surface area contributed by atoms with Gasteiger partial charge in [0, 0.05) is 12.0 Å². The second kappa shape index (κ2) is 7.52. The summed E-state index contributed by atoms with van der Waals surface area (Å²) in [6.45, 7) is 5.16. The highest BCUT2D eigenvalue weighted by Gasteiger charge is 2.37. The lowest BCUT2D eigenvalue weighted by Crippen LogP contribution is -3.18. The first-order chi connectivity index (χ1) is 12.0. The highest BCUT2D eigenvalue weighted by Crippen LogP contribution is 2.30. The van der Waals surface area contributed by atoms with E-state index in [2.05, 4.69) is 5.32 Å². The van der Waals surface area contributed by atoms with Gasteiger partial charge in [-0.15, -0.1) is 0 Å². The van der Waals surface area contributed by atoms with E-state index in [1.165, 1.54) is 49.5 Å².